The van der Waals surface area contributed by atoms with Crippen molar-refractivity contribution in [2.75, 3.05) is 4.90 Å². The standard InChI is InChI=1S/C19H19N3O3/c1-11-3-2-4-12(7-11)9-21-10-13(8-20-21)22-18(23)16-14-5-6-15(25-14)17(16)19(22)24/h2-4,7-8,10,14-17H,5-6,9H2,1H3/t14-,15-,16-,17+/m1/s1. The number of aromatic nitrogens is 2. The summed E-state index contributed by atoms with van der Waals surface area (Å²) in [6.07, 6.45) is 4.98. The Morgan fingerprint density at radius 2 is 1.88 bits per heavy atom. The molecule has 3 saturated heterocycles. The zero-order valence-electron chi connectivity index (χ0n) is 14.0. The minimum absolute atomic E-state index is 0.0845. The summed E-state index contributed by atoms with van der Waals surface area (Å²) < 4.78 is 7.54. The van der Waals surface area contributed by atoms with Crippen molar-refractivity contribution in [3.8, 4) is 0 Å². The fourth-order valence-electron chi connectivity index (χ4n) is 4.52. The van der Waals surface area contributed by atoms with Gasteiger partial charge < -0.3 is 4.74 Å². The molecular weight excluding hydrogens is 318 g/mol. The fraction of sp³-hybridized carbons (Fsp3) is 0.421. The Kier molecular flexibility index (Phi) is 3.12. The summed E-state index contributed by atoms with van der Waals surface area (Å²) in [5, 5.41) is 4.34. The maximum absolute atomic E-state index is 12.8. The summed E-state index contributed by atoms with van der Waals surface area (Å²) in [6.45, 7) is 2.66. The fourth-order valence-corrected chi connectivity index (χ4v) is 4.52. The van der Waals surface area contributed by atoms with Crippen LogP contribution in [0.4, 0.5) is 5.69 Å². The molecule has 2 aromatic rings. The lowest BCUT2D eigenvalue weighted by molar-refractivity contribution is -0.124. The minimum Gasteiger partial charge on any atom is -0.373 e. The first-order valence-corrected chi connectivity index (χ1v) is 8.73. The van der Waals surface area contributed by atoms with Crippen LogP contribution in [0.25, 0.3) is 0 Å². The number of hydrogen-bond donors (Lipinski definition) is 0. The number of carbonyl (C=O) groups excluding carboxylic acids is 2. The van der Waals surface area contributed by atoms with Crippen LogP contribution in [-0.4, -0.2) is 33.8 Å². The van der Waals surface area contributed by atoms with Crippen LogP contribution in [0.15, 0.2) is 36.7 Å². The van der Waals surface area contributed by atoms with Crippen molar-refractivity contribution in [2.45, 2.75) is 38.5 Å². The van der Waals surface area contributed by atoms with Gasteiger partial charge in [0.1, 0.15) is 0 Å². The molecule has 1 aromatic heterocycles. The van der Waals surface area contributed by atoms with Crippen LogP contribution < -0.4 is 4.90 Å². The lowest BCUT2D eigenvalue weighted by Gasteiger charge is -2.15. The Hall–Kier alpha value is -2.47. The van der Waals surface area contributed by atoms with Gasteiger partial charge in [-0.25, -0.2) is 4.90 Å². The van der Waals surface area contributed by atoms with Gasteiger partial charge in [0, 0.05) is 6.20 Å². The van der Waals surface area contributed by atoms with E-state index in [4.69, 9.17) is 4.74 Å². The van der Waals surface area contributed by atoms with Crippen molar-refractivity contribution in [2.24, 2.45) is 11.8 Å². The number of amides is 2. The van der Waals surface area contributed by atoms with E-state index in [2.05, 4.69) is 24.2 Å². The maximum Gasteiger partial charge on any atom is 0.240 e. The zero-order chi connectivity index (χ0) is 17.1. The SMILES string of the molecule is Cc1cccc(Cn2cc(N3C(=O)[C@@H]4[C@H](C3=O)[C@H]3CC[C@H]4O3)cn2)c1. The number of aryl methyl sites for hydroxylation is 1. The molecular formula is C19H19N3O3. The minimum atomic E-state index is -0.300. The molecule has 0 radical (unpaired) electrons. The van der Waals surface area contributed by atoms with Crippen LogP contribution in [0.1, 0.15) is 24.0 Å². The molecule has 3 aliphatic heterocycles. The van der Waals surface area contributed by atoms with Gasteiger partial charge in [-0.15, -0.1) is 0 Å². The lowest BCUT2D eigenvalue weighted by Crippen LogP contribution is -2.33. The molecule has 1 aromatic carbocycles. The van der Waals surface area contributed by atoms with E-state index in [0.29, 0.717) is 12.2 Å². The Morgan fingerprint density at radius 1 is 1.16 bits per heavy atom. The highest BCUT2D eigenvalue weighted by atomic mass is 16.5. The molecule has 128 valence electrons. The summed E-state index contributed by atoms with van der Waals surface area (Å²) in [7, 11) is 0. The molecule has 0 N–H and O–H groups in total. The molecule has 3 fully saturated rings. The van der Waals surface area contributed by atoms with Crippen molar-refractivity contribution in [1.29, 1.82) is 0 Å². The second-order valence-electron chi connectivity index (χ2n) is 7.24. The van der Waals surface area contributed by atoms with E-state index in [1.807, 2.05) is 12.1 Å². The van der Waals surface area contributed by atoms with Crippen molar-refractivity contribution in [3.05, 3.63) is 47.8 Å². The van der Waals surface area contributed by atoms with Gasteiger partial charge in [-0.3, -0.25) is 14.3 Å². The average molecular weight is 337 g/mol. The number of carbonyl (C=O) groups is 2. The first-order valence-electron chi connectivity index (χ1n) is 8.73. The van der Waals surface area contributed by atoms with Gasteiger partial charge in [0.05, 0.1) is 42.5 Å². The van der Waals surface area contributed by atoms with Gasteiger partial charge in [-0.1, -0.05) is 29.8 Å². The van der Waals surface area contributed by atoms with E-state index < -0.39 is 0 Å². The van der Waals surface area contributed by atoms with Crippen LogP contribution in [0, 0.1) is 18.8 Å². The second-order valence-corrected chi connectivity index (χ2v) is 7.24. The number of imide groups is 1. The van der Waals surface area contributed by atoms with Gasteiger partial charge in [-0.05, 0) is 25.3 Å². The summed E-state index contributed by atoms with van der Waals surface area (Å²) in [5.41, 5.74) is 2.89. The van der Waals surface area contributed by atoms with Gasteiger partial charge >= 0.3 is 0 Å². The number of fused-ring (bicyclic) bond motifs is 5. The molecule has 6 heteroatoms. The molecule has 2 amide bonds. The molecule has 5 rings (SSSR count). The molecule has 2 bridgehead atoms. The molecule has 6 nitrogen and oxygen atoms in total. The van der Waals surface area contributed by atoms with Gasteiger partial charge in [0.15, 0.2) is 0 Å². The molecule has 0 spiro atoms. The number of rotatable bonds is 3. The number of benzene rings is 1. The monoisotopic (exact) mass is 337 g/mol. The van der Waals surface area contributed by atoms with E-state index in [1.165, 1.54) is 10.5 Å². The normalized spacial score (nSPS) is 30.4. The van der Waals surface area contributed by atoms with Crippen molar-refractivity contribution < 1.29 is 14.3 Å². The van der Waals surface area contributed by atoms with E-state index >= 15 is 0 Å². The van der Waals surface area contributed by atoms with Crippen LogP contribution in [0.2, 0.25) is 0 Å². The quantitative estimate of drug-likeness (QED) is 0.803. The van der Waals surface area contributed by atoms with Gasteiger partial charge in [0.25, 0.3) is 0 Å². The van der Waals surface area contributed by atoms with E-state index in [9.17, 15) is 9.59 Å². The summed E-state index contributed by atoms with van der Waals surface area (Å²) in [5.74, 6) is -0.854. The summed E-state index contributed by atoms with van der Waals surface area (Å²) in [4.78, 5) is 26.9. The topological polar surface area (TPSA) is 64.4 Å². The third-order valence-corrected chi connectivity index (χ3v) is 5.59. The second kappa shape index (κ2) is 5.26. The van der Waals surface area contributed by atoms with Gasteiger partial charge in [-0.2, -0.15) is 5.10 Å². The summed E-state index contributed by atoms with van der Waals surface area (Å²) in [6, 6.07) is 8.21. The first kappa shape index (κ1) is 14.8. The number of ether oxygens (including phenoxy) is 1. The Balaban J connectivity index is 1.40. The number of anilines is 1. The van der Waals surface area contributed by atoms with E-state index in [0.717, 1.165) is 18.4 Å². The van der Waals surface area contributed by atoms with Crippen molar-refractivity contribution in [1.82, 2.24) is 9.78 Å². The van der Waals surface area contributed by atoms with E-state index in [1.54, 1.807) is 17.1 Å². The lowest BCUT2D eigenvalue weighted by atomic mass is 9.81. The van der Waals surface area contributed by atoms with Crippen LogP contribution in [0.3, 0.4) is 0 Å². The predicted molar refractivity (Wildman–Crippen MR) is 89.9 cm³/mol. The van der Waals surface area contributed by atoms with Crippen molar-refractivity contribution in [3.63, 3.8) is 0 Å². The Bertz CT molecular complexity index is 846. The third kappa shape index (κ3) is 2.17. The van der Waals surface area contributed by atoms with Crippen LogP contribution in [0.5, 0.6) is 0 Å². The summed E-state index contributed by atoms with van der Waals surface area (Å²) >= 11 is 0. The molecule has 0 unspecified atom stereocenters. The maximum atomic E-state index is 12.8. The zero-order valence-corrected chi connectivity index (χ0v) is 14.0. The Morgan fingerprint density at radius 3 is 2.56 bits per heavy atom. The first-order chi connectivity index (χ1) is 12.1. The number of nitrogens with zero attached hydrogens (tertiary/aromatic N) is 3. The molecule has 0 aliphatic carbocycles. The van der Waals surface area contributed by atoms with Crippen molar-refractivity contribution >= 4 is 17.5 Å². The highest BCUT2D eigenvalue weighted by Gasteiger charge is 2.62. The smallest absolute Gasteiger partial charge is 0.240 e. The average Bonchev–Trinajstić information content (AvgIpc) is 3.33. The van der Waals surface area contributed by atoms with E-state index in [-0.39, 0.29) is 35.9 Å². The highest BCUT2D eigenvalue weighted by molar-refractivity contribution is 6.22. The molecule has 4 heterocycles. The predicted octanol–water partition coefficient (Wildman–Crippen LogP) is 1.91. The van der Waals surface area contributed by atoms with Crippen LogP contribution in [-0.2, 0) is 20.9 Å². The highest BCUT2D eigenvalue weighted by Crippen LogP contribution is 2.49. The third-order valence-electron chi connectivity index (χ3n) is 5.59. The van der Waals surface area contributed by atoms with Gasteiger partial charge in [0.2, 0.25) is 11.8 Å². The largest absolute Gasteiger partial charge is 0.373 e. The number of hydrogen-bond acceptors (Lipinski definition) is 4. The molecule has 4 atom stereocenters. The molecule has 25 heavy (non-hydrogen) atoms. The van der Waals surface area contributed by atoms with Crippen LogP contribution >= 0.6 is 0 Å². The Labute approximate surface area is 145 Å². The molecule has 0 saturated carbocycles. The molecule has 3 aliphatic rings.